The number of carbonyl (C=O) groups is 3. The maximum absolute atomic E-state index is 12.4. The van der Waals surface area contributed by atoms with Crippen LogP contribution >= 0.6 is 11.6 Å². The third kappa shape index (κ3) is 6.11. The van der Waals surface area contributed by atoms with Crippen LogP contribution in [0.5, 0.6) is 0 Å². The number of esters is 1. The zero-order valence-corrected chi connectivity index (χ0v) is 18.6. The highest BCUT2D eigenvalue weighted by Gasteiger charge is 2.20. The first-order valence-electron chi connectivity index (χ1n) is 10.0. The third-order valence-corrected chi connectivity index (χ3v) is 4.87. The fourth-order valence-corrected chi connectivity index (χ4v) is 3.19. The second kappa shape index (κ2) is 10.6. The molecule has 2 aromatic carbocycles. The van der Waals surface area contributed by atoms with Gasteiger partial charge in [0, 0.05) is 28.8 Å². The Morgan fingerprint density at radius 3 is 2.58 bits per heavy atom. The standard InChI is InChI=1S/C23H21ClN2O7/c1-3-31-23(30)26-15-8-9-16-14(10-20(27)33-19(16)11-15)12-32-22(29)13(2)25-21(28)17-6-4-5-7-18(17)24/h4-11,13H,3,12H2,1-2H3,(H,25,28)(H,26,30)/t13-/m0/s1. The van der Waals surface area contributed by atoms with Crippen molar-refractivity contribution in [2.75, 3.05) is 11.9 Å². The Bertz CT molecular complexity index is 1260. The van der Waals surface area contributed by atoms with Crippen molar-refractivity contribution < 1.29 is 28.3 Å². The smallest absolute Gasteiger partial charge is 0.411 e. The monoisotopic (exact) mass is 472 g/mol. The molecular weight excluding hydrogens is 452 g/mol. The summed E-state index contributed by atoms with van der Waals surface area (Å²) in [5, 5.41) is 5.82. The molecule has 2 N–H and O–H groups in total. The van der Waals surface area contributed by atoms with Crippen molar-refractivity contribution in [3.8, 4) is 0 Å². The summed E-state index contributed by atoms with van der Waals surface area (Å²) in [5.74, 6) is -1.21. The molecule has 3 rings (SSSR count). The van der Waals surface area contributed by atoms with Crippen molar-refractivity contribution in [3.05, 3.63) is 75.1 Å². The highest BCUT2D eigenvalue weighted by atomic mass is 35.5. The lowest BCUT2D eigenvalue weighted by Crippen LogP contribution is -2.39. The number of anilines is 1. The molecule has 0 fully saturated rings. The number of ether oxygens (including phenoxy) is 2. The molecule has 0 saturated carbocycles. The number of amides is 2. The van der Waals surface area contributed by atoms with E-state index in [2.05, 4.69) is 10.6 Å². The molecule has 0 aliphatic heterocycles. The van der Waals surface area contributed by atoms with Crippen LogP contribution in [0.4, 0.5) is 10.5 Å². The molecule has 0 spiro atoms. The van der Waals surface area contributed by atoms with Crippen LogP contribution in [-0.2, 0) is 20.9 Å². The first-order valence-corrected chi connectivity index (χ1v) is 10.4. The number of halogens is 1. The quantitative estimate of drug-likeness (QED) is 0.395. The fraction of sp³-hybridized carbons (Fsp3) is 0.217. The van der Waals surface area contributed by atoms with E-state index >= 15 is 0 Å². The van der Waals surface area contributed by atoms with Crippen LogP contribution in [0.1, 0.15) is 29.8 Å². The molecule has 9 nitrogen and oxygen atoms in total. The Kier molecular flexibility index (Phi) is 7.68. The number of fused-ring (bicyclic) bond motifs is 1. The summed E-state index contributed by atoms with van der Waals surface area (Å²) in [6, 6.07) is 11.4. The third-order valence-electron chi connectivity index (χ3n) is 4.54. The highest BCUT2D eigenvalue weighted by molar-refractivity contribution is 6.33. The lowest BCUT2D eigenvalue weighted by atomic mass is 10.1. The molecule has 0 bridgehead atoms. The lowest BCUT2D eigenvalue weighted by molar-refractivity contribution is -0.146. The second-order valence-electron chi connectivity index (χ2n) is 6.93. The molecule has 2 amide bonds. The first-order chi connectivity index (χ1) is 15.8. The number of carbonyl (C=O) groups excluding carboxylic acids is 3. The van der Waals surface area contributed by atoms with Gasteiger partial charge in [0.05, 0.1) is 17.2 Å². The molecular formula is C23H21ClN2O7. The summed E-state index contributed by atoms with van der Waals surface area (Å²) in [4.78, 5) is 48.3. The predicted octanol–water partition coefficient (Wildman–Crippen LogP) is 3.88. The summed E-state index contributed by atoms with van der Waals surface area (Å²) in [6.45, 7) is 3.14. The van der Waals surface area contributed by atoms with Gasteiger partial charge in [0.2, 0.25) is 0 Å². The van der Waals surface area contributed by atoms with Gasteiger partial charge in [0.1, 0.15) is 18.2 Å². The van der Waals surface area contributed by atoms with Gasteiger partial charge in [-0.25, -0.2) is 14.4 Å². The van der Waals surface area contributed by atoms with Gasteiger partial charge in [0.25, 0.3) is 5.91 Å². The molecule has 0 saturated heterocycles. The summed E-state index contributed by atoms with van der Waals surface area (Å²) in [7, 11) is 0. The van der Waals surface area contributed by atoms with Crippen molar-refractivity contribution in [2.24, 2.45) is 0 Å². The Morgan fingerprint density at radius 1 is 1.09 bits per heavy atom. The van der Waals surface area contributed by atoms with E-state index in [1.165, 1.54) is 25.1 Å². The van der Waals surface area contributed by atoms with E-state index in [1.807, 2.05) is 0 Å². The van der Waals surface area contributed by atoms with Crippen molar-refractivity contribution in [1.82, 2.24) is 5.32 Å². The summed E-state index contributed by atoms with van der Waals surface area (Å²) < 4.78 is 15.3. The van der Waals surface area contributed by atoms with Gasteiger partial charge in [0.15, 0.2) is 0 Å². The largest absolute Gasteiger partial charge is 0.459 e. The van der Waals surface area contributed by atoms with Crippen LogP contribution in [-0.4, -0.2) is 30.6 Å². The minimum absolute atomic E-state index is 0.197. The highest BCUT2D eigenvalue weighted by Crippen LogP contribution is 2.22. The van der Waals surface area contributed by atoms with E-state index in [9.17, 15) is 19.2 Å². The predicted molar refractivity (Wildman–Crippen MR) is 121 cm³/mol. The van der Waals surface area contributed by atoms with E-state index in [4.69, 9.17) is 25.5 Å². The van der Waals surface area contributed by atoms with Gasteiger partial charge in [-0.1, -0.05) is 23.7 Å². The molecule has 1 atom stereocenters. The molecule has 1 heterocycles. The maximum atomic E-state index is 12.4. The number of benzene rings is 2. The molecule has 0 aliphatic rings. The molecule has 0 radical (unpaired) electrons. The number of hydrogen-bond acceptors (Lipinski definition) is 7. The Morgan fingerprint density at radius 2 is 1.85 bits per heavy atom. The SMILES string of the molecule is CCOC(=O)Nc1ccc2c(COC(=O)[C@H](C)NC(=O)c3ccccc3Cl)cc(=O)oc2c1. The van der Waals surface area contributed by atoms with Crippen LogP contribution in [0.25, 0.3) is 11.0 Å². The molecule has 3 aromatic rings. The minimum Gasteiger partial charge on any atom is -0.459 e. The van der Waals surface area contributed by atoms with Crippen molar-refractivity contribution in [1.29, 1.82) is 0 Å². The summed E-state index contributed by atoms with van der Waals surface area (Å²) >= 11 is 6.00. The second-order valence-corrected chi connectivity index (χ2v) is 7.34. The number of rotatable bonds is 7. The van der Waals surface area contributed by atoms with Crippen LogP contribution in [0.15, 0.2) is 57.7 Å². The number of hydrogen-bond donors (Lipinski definition) is 2. The van der Waals surface area contributed by atoms with Crippen LogP contribution in [0.3, 0.4) is 0 Å². The topological polar surface area (TPSA) is 124 Å². The van der Waals surface area contributed by atoms with Crippen LogP contribution < -0.4 is 16.3 Å². The van der Waals surface area contributed by atoms with Gasteiger partial charge in [-0.3, -0.25) is 10.1 Å². The van der Waals surface area contributed by atoms with E-state index in [0.717, 1.165) is 0 Å². The fourth-order valence-electron chi connectivity index (χ4n) is 2.96. The molecule has 172 valence electrons. The number of nitrogens with one attached hydrogen (secondary N) is 2. The molecule has 0 unspecified atom stereocenters. The van der Waals surface area contributed by atoms with Crippen molar-refractivity contribution >= 4 is 46.2 Å². The minimum atomic E-state index is -0.958. The molecule has 10 heteroatoms. The average Bonchev–Trinajstić information content (AvgIpc) is 2.77. The van der Waals surface area contributed by atoms with E-state index in [1.54, 1.807) is 37.3 Å². The Hall–Kier alpha value is -3.85. The van der Waals surface area contributed by atoms with Crippen LogP contribution in [0, 0.1) is 0 Å². The van der Waals surface area contributed by atoms with Gasteiger partial charge < -0.3 is 19.2 Å². The van der Waals surface area contributed by atoms with Crippen molar-refractivity contribution in [2.45, 2.75) is 26.5 Å². The lowest BCUT2D eigenvalue weighted by Gasteiger charge is -2.14. The zero-order valence-electron chi connectivity index (χ0n) is 17.8. The Labute approximate surface area is 193 Å². The van der Waals surface area contributed by atoms with Gasteiger partial charge in [-0.15, -0.1) is 0 Å². The van der Waals surface area contributed by atoms with Crippen LogP contribution in [0.2, 0.25) is 5.02 Å². The average molecular weight is 473 g/mol. The van der Waals surface area contributed by atoms with E-state index < -0.39 is 29.6 Å². The van der Waals surface area contributed by atoms with Gasteiger partial charge in [-0.05, 0) is 38.1 Å². The van der Waals surface area contributed by atoms with E-state index in [0.29, 0.717) is 16.6 Å². The Balaban J connectivity index is 1.69. The molecule has 0 aliphatic carbocycles. The first kappa shape index (κ1) is 23.8. The zero-order chi connectivity index (χ0) is 24.0. The maximum Gasteiger partial charge on any atom is 0.411 e. The molecule has 1 aromatic heterocycles. The summed E-state index contributed by atoms with van der Waals surface area (Å²) in [6.07, 6.45) is -0.642. The van der Waals surface area contributed by atoms with Crippen molar-refractivity contribution in [3.63, 3.8) is 0 Å². The summed E-state index contributed by atoms with van der Waals surface area (Å²) in [5.41, 5.74) is 0.554. The van der Waals surface area contributed by atoms with Gasteiger partial charge in [-0.2, -0.15) is 0 Å². The molecule has 33 heavy (non-hydrogen) atoms. The normalized spacial score (nSPS) is 11.5. The van der Waals surface area contributed by atoms with E-state index in [-0.39, 0.29) is 29.4 Å². The van der Waals surface area contributed by atoms with Gasteiger partial charge >= 0.3 is 17.7 Å².